The molecule has 162 valence electrons. The molecule has 2 rings (SSSR count). The van der Waals surface area contributed by atoms with Crippen LogP contribution in [0.5, 0.6) is 0 Å². The van der Waals surface area contributed by atoms with Crippen molar-refractivity contribution >= 4 is 23.8 Å². The minimum Gasteiger partial charge on any atom is -0.456 e. The number of carbonyl (C=O) groups is 3. The highest BCUT2D eigenvalue weighted by Crippen LogP contribution is 2.17. The quantitative estimate of drug-likeness (QED) is 0.666. The van der Waals surface area contributed by atoms with Crippen LogP contribution in [0.15, 0.2) is 30.3 Å². The second kappa shape index (κ2) is 9.86. The lowest BCUT2D eigenvalue weighted by molar-refractivity contribution is -0.147. The van der Waals surface area contributed by atoms with Crippen molar-refractivity contribution in [2.24, 2.45) is 0 Å². The van der Waals surface area contributed by atoms with Crippen LogP contribution in [0.2, 0.25) is 0 Å². The second-order valence-electron chi connectivity index (χ2n) is 7.45. The molecule has 2 aromatic rings. The molecule has 0 aliphatic heterocycles. The minimum atomic E-state index is -0.649. The number of nitrogens with zero attached hydrogens (tertiary/aromatic N) is 2. The first-order valence-corrected chi connectivity index (χ1v) is 9.28. The third kappa shape index (κ3) is 7.53. The van der Waals surface area contributed by atoms with Gasteiger partial charge in [-0.25, -0.2) is 13.9 Å². The van der Waals surface area contributed by atoms with Crippen molar-refractivity contribution in [2.75, 3.05) is 18.5 Å². The monoisotopic (exact) mass is 420 g/mol. The van der Waals surface area contributed by atoms with Gasteiger partial charge in [0.25, 0.3) is 5.91 Å². The summed E-state index contributed by atoms with van der Waals surface area (Å²) in [6, 6.07) is 7.24. The highest BCUT2D eigenvalue weighted by atomic mass is 19.1. The van der Waals surface area contributed by atoms with Gasteiger partial charge in [0, 0.05) is 12.6 Å². The Hall–Kier alpha value is -3.43. The van der Waals surface area contributed by atoms with Crippen LogP contribution >= 0.6 is 0 Å². The molecule has 0 fully saturated rings. The highest BCUT2D eigenvalue weighted by Gasteiger charge is 2.17. The number of anilines is 1. The summed E-state index contributed by atoms with van der Waals surface area (Å²) >= 11 is 0. The summed E-state index contributed by atoms with van der Waals surface area (Å²) in [7, 11) is 0. The summed E-state index contributed by atoms with van der Waals surface area (Å²) < 4.78 is 24.5. The molecular formula is C20H25FN4O5. The van der Waals surface area contributed by atoms with E-state index in [1.807, 2.05) is 0 Å². The zero-order valence-electron chi connectivity index (χ0n) is 17.3. The molecule has 10 heteroatoms. The van der Waals surface area contributed by atoms with Crippen LogP contribution in [-0.2, 0) is 19.1 Å². The second-order valence-corrected chi connectivity index (χ2v) is 7.45. The summed E-state index contributed by atoms with van der Waals surface area (Å²) in [6.45, 7) is 6.44. The van der Waals surface area contributed by atoms with Gasteiger partial charge in [-0.1, -0.05) is 0 Å². The SMILES string of the molecule is Cc1cc(NC(=O)COC(=O)CCNC(=O)OC(C)(C)C)n(-c2ccc(F)cc2)n1. The zero-order chi connectivity index (χ0) is 22.3. The fourth-order valence-electron chi connectivity index (χ4n) is 2.35. The largest absolute Gasteiger partial charge is 0.456 e. The van der Waals surface area contributed by atoms with E-state index in [2.05, 4.69) is 15.7 Å². The molecule has 0 saturated heterocycles. The van der Waals surface area contributed by atoms with Crippen molar-refractivity contribution in [1.82, 2.24) is 15.1 Å². The highest BCUT2D eigenvalue weighted by molar-refractivity contribution is 5.92. The molecule has 2 amide bonds. The minimum absolute atomic E-state index is 0.0197. The van der Waals surface area contributed by atoms with Crippen LogP contribution in [0.3, 0.4) is 0 Å². The molecule has 2 N–H and O–H groups in total. The normalized spacial score (nSPS) is 11.0. The number of alkyl carbamates (subject to hydrolysis) is 1. The van der Waals surface area contributed by atoms with Crippen molar-refractivity contribution in [2.45, 2.75) is 39.7 Å². The third-order valence-electron chi connectivity index (χ3n) is 3.53. The van der Waals surface area contributed by atoms with Gasteiger partial charge in [-0.2, -0.15) is 5.10 Å². The molecule has 0 saturated carbocycles. The number of rotatable bonds is 7. The van der Waals surface area contributed by atoms with Gasteiger partial charge in [0.05, 0.1) is 17.8 Å². The summed E-state index contributed by atoms with van der Waals surface area (Å²) in [5.74, 6) is -1.25. The predicted molar refractivity (Wildman–Crippen MR) is 107 cm³/mol. The number of amides is 2. The maximum absolute atomic E-state index is 13.1. The van der Waals surface area contributed by atoms with Crippen LogP contribution in [0.25, 0.3) is 5.69 Å². The Morgan fingerprint density at radius 1 is 1.17 bits per heavy atom. The van der Waals surface area contributed by atoms with E-state index >= 15 is 0 Å². The van der Waals surface area contributed by atoms with E-state index in [0.717, 1.165) is 0 Å². The lowest BCUT2D eigenvalue weighted by Crippen LogP contribution is -2.34. The number of ether oxygens (including phenoxy) is 2. The number of aromatic nitrogens is 2. The summed E-state index contributed by atoms with van der Waals surface area (Å²) in [5.41, 5.74) is 0.562. The van der Waals surface area contributed by atoms with Gasteiger partial charge in [-0.05, 0) is 52.0 Å². The number of hydrogen-bond donors (Lipinski definition) is 2. The van der Waals surface area contributed by atoms with Crippen LogP contribution < -0.4 is 10.6 Å². The molecule has 9 nitrogen and oxygen atoms in total. The van der Waals surface area contributed by atoms with E-state index in [1.54, 1.807) is 33.8 Å². The van der Waals surface area contributed by atoms with E-state index < -0.39 is 30.2 Å². The van der Waals surface area contributed by atoms with Gasteiger partial charge >= 0.3 is 12.1 Å². The number of hydrogen-bond acceptors (Lipinski definition) is 6. The van der Waals surface area contributed by atoms with Gasteiger partial charge in [-0.3, -0.25) is 9.59 Å². The van der Waals surface area contributed by atoms with Gasteiger partial charge in [0.2, 0.25) is 0 Å². The Bertz CT molecular complexity index is 903. The lowest BCUT2D eigenvalue weighted by atomic mass is 10.2. The summed E-state index contributed by atoms with van der Waals surface area (Å²) in [5, 5.41) is 9.29. The van der Waals surface area contributed by atoms with Gasteiger partial charge in [0.15, 0.2) is 6.61 Å². The molecule has 1 aromatic carbocycles. The van der Waals surface area contributed by atoms with Crippen molar-refractivity contribution in [1.29, 1.82) is 0 Å². The van der Waals surface area contributed by atoms with Gasteiger partial charge in [0.1, 0.15) is 17.2 Å². The maximum atomic E-state index is 13.1. The van der Waals surface area contributed by atoms with E-state index in [0.29, 0.717) is 17.2 Å². The van der Waals surface area contributed by atoms with Crippen LogP contribution in [0, 0.1) is 12.7 Å². The van der Waals surface area contributed by atoms with Crippen molar-refractivity contribution in [3.63, 3.8) is 0 Å². The van der Waals surface area contributed by atoms with E-state index in [1.165, 1.54) is 28.9 Å². The Morgan fingerprint density at radius 3 is 2.47 bits per heavy atom. The molecule has 0 atom stereocenters. The number of benzene rings is 1. The third-order valence-corrected chi connectivity index (χ3v) is 3.53. The van der Waals surface area contributed by atoms with E-state index in [4.69, 9.17) is 9.47 Å². The first-order chi connectivity index (χ1) is 14.0. The van der Waals surface area contributed by atoms with Crippen molar-refractivity contribution in [3.05, 3.63) is 41.8 Å². The van der Waals surface area contributed by atoms with Crippen LogP contribution in [0.1, 0.15) is 32.9 Å². The average Bonchev–Trinajstić information content (AvgIpc) is 2.99. The molecule has 30 heavy (non-hydrogen) atoms. The van der Waals surface area contributed by atoms with Crippen molar-refractivity contribution < 1.29 is 28.2 Å². The first kappa shape index (κ1) is 22.9. The van der Waals surface area contributed by atoms with Crippen LogP contribution in [0.4, 0.5) is 15.0 Å². The predicted octanol–water partition coefficient (Wildman–Crippen LogP) is 2.72. The molecule has 0 spiro atoms. The first-order valence-electron chi connectivity index (χ1n) is 9.28. The lowest BCUT2D eigenvalue weighted by Gasteiger charge is -2.19. The Morgan fingerprint density at radius 2 is 1.83 bits per heavy atom. The number of nitrogens with one attached hydrogen (secondary N) is 2. The smallest absolute Gasteiger partial charge is 0.407 e. The Balaban J connectivity index is 1.80. The fraction of sp³-hybridized carbons (Fsp3) is 0.400. The molecular weight excluding hydrogens is 395 g/mol. The topological polar surface area (TPSA) is 112 Å². The molecule has 0 aliphatic carbocycles. The Kier molecular flexibility index (Phi) is 7.51. The van der Waals surface area contributed by atoms with Gasteiger partial charge in [-0.15, -0.1) is 0 Å². The number of carbonyl (C=O) groups excluding carboxylic acids is 3. The molecule has 0 aliphatic rings. The summed E-state index contributed by atoms with van der Waals surface area (Å²) in [6.07, 6.45) is -0.753. The molecule has 1 heterocycles. The molecule has 0 unspecified atom stereocenters. The van der Waals surface area contributed by atoms with E-state index in [-0.39, 0.29) is 18.8 Å². The Labute approximate surface area is 173 Å². The van der Waals surface area contributed by atoms with E-state index in [9.17, 15) is 18.8 Å². The molecule has 0 bridgehead atoms. The standard InChI is InChI=1S/C20H25FN4O5/c1-13-11-16(25(24-13)15-7-5-14(21)6-8-15)23-17(26)12-29-18(27)9-10-22-19(28)30-20(2,3)4/h5-8,11H,9-10,12H2,1-4H3,(H,22,28)(H,23,26). The number of esters is 1. The number of halogens is 1. The maximum Gasteiger partial charge on any atom is 0.407 e. The number of aryl methyl sites for hydroxylation is 1. The van der Waals surface area contributed by atoms with Crippen molar-refractivity contribution in [3.8, 4) is 5.69 Å². The molecule has 1 aromatic heterocycles. The molecule has 0 radical (unpaired) electrons. The zero-order valence-corrected chi connectivity index (χ0v) is 17.3. The van der Waals surface area contributed by atoms with Crippen LogP contribution in [-0.4, -0.2) is 46.5 Å². The average molecular weight is 420 g/mol. The van der Waals surface area contributed by atoms with Gasteiger partial charge < -0.3 is 20.1 Å². The fourth-order valence-corrected chi connectivity index (χ4v) is 2.35. The summed E-state index contributed by atoms with van der Waals surface area (Å²) in [4.78, 5) is 35.4.